The van der Waals surface area contributed by atoms with Crippen molar-refractivity contribution in [2.75, 3.05) is 0 Å². The molecule has 0 aliphatic carbocycles. The van der Waals surface area contributed by atoms with E-state index in [1.807, 2.05) is 33.9 Å². The van der Waals surface area contributed by atoms with Crippen LogP contribution in [0.15, 0.2) is 9.28 Å². The van der Waals surface area contributed by atoms with E-state index in [1.54, 1.807) is 22.6 Å². The molecule has 0 fully saturated rings. The van der Waals surface area contributed by atoms with Crippen LogP contribution in [0.4, 0.5) is 8.78 Å². The standard InChI is InChI=1S/C8H15F2ISi/c1-8(2,3)12(4,5)7(11)6(9)10/h1-5H3. The van der Waals surface area contributed by atoms with Crippen LogP contribution in [-0.4, -0.2) is 8.07 Å². The molecule has 0 bridgehead atoms. The van der Waals surface area contributed by atoms with Crippen LogP contribution >= 0.6 is 22.6 Å². The van der Waals surface area contributed by atoms with Gasteiger partial charge >= 0.3 is 0 Å². The Balaban J connectivity index is 5.01. The average Bonchev–Trinajstić information content (AvgIpc) is 1.83. The van der Waals surface area contributed by atoms with Gasteiger partial charge in [0, 0.05) is 3.20 Å². The molecular weight excluding hydrogens is 289 g/mol. The molecule has 0 saturated carbocycles. The summed E-state index contributed by atoms with van der Waals surface area (Å²) >= 11 is 1.79. The van der Waals surface area contributed by atoms with Gasteiger partial charge in [-0.25, -0.2) is 0 Å². The van der Waals surface area contributed by atoms with E-state index in [1.165, 1.54) is 0 Å². The fraction of sp³-hybridized carbons (Fsp3) is 0.750. The number of hydrogen-bond donors (Lipinski definition) is 0. The predicted molar refractivity (Wildman–Crippen MR) is 60.5 cm³/mol. The van der Waals surface area contributed by atoms with Gasteiger partial charge in [0.05, 0.1) is 0 Å². The Morgan fingerprint density at radius 2 is 1.50 bits per heavy atom. The zero-order chi connectivity index (χ0) is 10.2. The van der Waals surface area contributed by atoms with E-state index in [9.17, 15) is 8.78 Å². The maximum Gasteiger partial charge on any atom is 0.275 e. The molecule has 0 unspecified atom stereocenters. The van der Waals surface area contributed by atoms with E-state index < -0.39 is 14.2 Å². The molecule has 12 heavy (non-hydrogen) atoms. The molecule has 0 aromatic heterocycles. The summed E-state index contributed by atoms with van der Waals surface area (Å²) in [5.74, 6) is 0. The summed E-state index contributed by atoms with van der Waals surface area (Å²) in [4.78, 5) is 0. The van der Waals surface area contributed by atoms with Gasteiger partial charge in [-0.3, -0.25) is 0 Å². The van der Waals surface area contributed by atoms with Gasteiger partial charge in [0.15, 0.2) is 0 Å². The molecule has 0 atom stereocenters. The Morgan fingerprint density at radius 3 is 1.58 bits per heavy atom. The second kappa shape index (κ2) is 3.73. The second-order valence-corrected chi connectivity index (χ2v) is 11.8. The second-order valence-electron chi connectivity index (χ2n) is 4.45. The maximum atomic E-state index is 12.4. The largest absolute Gasteiger partial charge is 0.275 e. The summed E-state index contributed by atoms with van der Waals surface area (Å²) < 4.78 is 25.0. The van der Waals surface area contributed by atoms with E-state index in [0.717, 1.165) is 0 Å². The van der Waals surface area contributed by atoms with Crippen LogP contribution in [0.2, 0.25) is 18.1 Å². The molecule has 0 heterocycles. The lowest BCUT2D eigenvalue weighted by Gasteiger charge is -2.36. The van der Waals surface area contributed by atoms with Crippen LogP contribution in [0.3, 0.4) is 0 Å². The quantitative estimate of drug-likeness (QED) is 0.491. The number of halogens is 3. The number of hydrogen-bond acceptors (Lipinski definition) is 0. The molecule has 0 rings (SSSR count). The van der Waals surface area contributed by atoms with Gasteiger partial charge in [0.25, 0.3) is 6.08 Å². The minimum Gasteiger partial charge on any atom is -0.173 e. The van der Waals surface area contributed by atoms with Crippen molar-refractivity contribution in [2.24, 2.45) is 0 Å². The van der Waals surface area contributed by atoms with Gasteiger partial charge in [0.1, 0.15) is 8.07 Å². The molecule has 0 spiro atoms. The van der Waals surface area contributed by atoms with E-state index in [4.69, 9.17) is 0 Å². The predicted octanol–water partition coefficient (Wildman–Crippen LogP) is 4.58. The third-order valence-electron chi connectivity index (χ3n) is 2.59. The summed E-state index contributed by atoms with van der Waals surface area (Å²) in [6, 6.07) is 0. The first-order chi connectivity index (χ1) is 5.10. The monoisotopic (exact) mass is 304 g/mol. The van der Waals surface area contributed by atoms with Crippen LogP contribution in [0.25, 0.3) is 0 Å². The fourth-order valence-electron chi connectivity index (χ4n) is 0.565. The minimum atomic E-state index is -1.96. The first-order valence-electron chi connectivity index (χ1n) is 3.82. The molecule has 0 aliphatic heterocycles. The molecule has 0 nitrogen and oxygen atoms in total. The highest BCUT2D eigenvalue weighted by Crippen LogP contribution is 2.44. The van der Waals surface area contributed by atoms with Crippen molar-refractivity contribution in [3.8, 4) is 0 Å². The Hall–Kier alpha value is 0.547. The van der Waals surface area contributed by atoms with Crippen LogP contribution in [0.1, 0.15) is 20.8 Å². The SMILES string of the molecule is CC(C)(C)[Si](C)(C)C(I)=C(F)F. The van der Waals surface area contributed by atoms with Crippen molar-refractivity contribution in [1.82, 2.24) is 0 Å². The summed E-state index contributed by atoms with van der Waals surface area (Å²) in [6.45, 7) is 10.0. The fourth-order valence-corrected chi connectivity index (χ4v) is 4.12. The van der Waals surface area contributed by atoms with E-state index in [0.29, 0.717) is 3.20 Å². The van der Waals surface area contributed by atoms with E-state index in [2.05, 4.69) is 0 Å². The summed E-state index contributed by atoms with van der Waals surface area (Å²) in [5.41, 5.74) is 0. The van der Waals surface area contributed by atoms with Gasteiger partial charge in [0.2, 0.25) is 0 Å². The smallest absolute Gasteiger partial charge is 0.173 e. The van der Waals surface area contributed by atoms with Crippen molar-refractivity contribution in [2.45, 2.75) is 38.9 Å². The Morgan fingerprint density at radius 1 is 1.17 bits per heavy atom. The van der Waals surface area contributed by atoms with Crippen LogP contribution in [0.5, 0.6) is 0 Å². The molecular formula is C8H15F2ISi. The molecule has 0 amide bonds. The third kappa shape index (κ3) is 2.52. The molecule has 0 radical (unpaired) electrons. The lowest BCUT2D eigenvalue weighted by atomic mass is 10.2. The van der Waals surface area contributed by atoms with E-state index >= 15 is 0 Å². The van der Waals surface area contributed by atoms with Gasteiger partial charge in [-0.15, -0.1) is 0 Å². The molecule has 4 heteroatoms. The summed E-state index contributed by atoms with van der Waals surface area (Å²) in [7, 11) is -1.96. The Kier molecular flexibility index (Phi) is 3.90. The van der Waals surface area contributed by atoms with E-state index in [-0.39, 0.29) is 5.04 Å². The summed E-state index contributed by atoms with van der Waals surface area (Å²) in [5, 5.41) is -0.00699. The average molecular weight is 304 g/mol. The lowest BCUT2D eigenvalue weighted by molar-refractivity contribution is 0.421. The minimum absolute atomic E-state index is 0.00699. The van der Waals surface area contributed by atoms with Crippen LogP contribution in [0, 0.1) is 0 Å². The van der Waals surface area contributed by atoms with Gasteiger partial charge < -0.3 is 0 Å². The first-order valence-corrected chi connectivity index (χ1v) is 7.90. The zero-order valence-electron chi connectivity index (χ0n) is 8.13. The molecule has 0 saturated heterocycles. The van der Waals surface area contributed by atoms with Crippen molar-refractivity contribution >= 4 is 30.7 Å². The van der Waals surface area contributed by atoms with Gasteiger partial charge in [-0.2, -0.15) is 8.78 Å². The van der Waals surface area contributed by atoms with Gasteiger partial charge in [-0.05, 0) is 27.6 Å². The molecule has 0 aromatic rings. The van der Waals surface area contributed by atoms with Crippen molar-refractivity contribution < 1.29 is 8.78 Å². The van der Waals surface area contributed by atoms with Crippen molar-refractivity contribution in [3.05, 3.63) is 9.28 Å². The number of rotatable bonds is 1. The maximum absolute atomic E-state index is 12.4. The summed E-state index contributed by atoms with van der Waals surface area (Å²) in [6.07, 6.45) is -1.50. The van der Waals surface area contributed by atoms with Gasteiger partial charge in [-0.1, -0.05) is 33.9 Å². The van der Waals surface area contributed by atoms with Crippen molar-refractivity contribution in [3.63, 3.8) is 0 Å². The topological polar surface area (TPSA) is 0 Å². The molecule has 0 aliphatic rings. The van der Waals surface area contributed by atoms with Crippen molar-refractivity contribution in [1.29, 1.82) is 0 Å². The Labute approximate surface area is 87.6 Å². The zero-order valence-corrected chi connectivity index (χ0v) is 11.3. The lowest BCUT2D eigenvalue weighted by Crippen LogP contribution is -2.38. The van der Waals surface area contributed by atoms with Crippen LogP contribution < -0.4 is 0 Å². The highest BCUT2D eigenvalue weighted by atomic mass is 127. The highest BCUT2D eigenvalue weighted by Gasteiger charge is 2.39. The highest BCUT2D eigenvalue weighted by molar-refractivity contribution is 14.1. The van der Waals surface area contributed by atoms with Crippen LogP contribution in [-0.2, 0) is 0 Å². The molecule has 0 aromatic carbocycles. The first kappa shape index (κ1) is 12.5. The third-order valence-corrected chi connectivity index (χ3v) is 12.1. The molecule has 0 N–H and O–H groups in total. The molecule has 72 valence electrons. The Bertz CT molecular complexity index is 200. The normalized spacial score (nSPS) is 13.0.